The molecular weight excluding hydrogens is 506 g/mol. The van der Waals surface area contributed by atoms with Gasteiger partial charge in [0.1, 0.15) is 0 Å². The number of hydrogen-bond donors (Lipinski definition) is 2. The second-order valence-corrected chi connectivity index (χ2v) is 7.18. The van der Waals surface area contributed by atoms with Crippen molar-refractivity contribution in [2.75, 3.05) is 13.6 Å². The summed E-state index contributed by atoms with van der Waals surface area (Å²) in [6, 6.07) is 7.76. The van der Waals surface area contributed by atoms with Crippen LogP contribution in [0.2, 0.25) is 5.02 Å². The number of aromatic nitrogens is 2. The van der Waals surface area contributed by atoms with Crippen LogP contribution in [-0.4, -0.2) is 29.3 Å². The Morgan fingerprint density at radius 2 is 2.04 bits per heavy atom. The number of alkyl halides is 3. The first-order valence-electron chi connectivity index (χ1n) is 8.54. The zero-order valence-corrected chi connectivity index (χ0v) is 18.6. The SMILES string of the molecule is CN=C(NCc1cn(C)nc1C(F)(F)F)NCC1(c2cccc(Cl)c2)CC1.I. The Kier molecular flexibility index (Phi) is 7.24. The molecule has 1 saturated carbocycles. The standard InChI is InChI=1S/C18H21ClF3N5.HI/c1-23-16(24-9-12-10-27(2)26-15(12)18(20,21)22)25-11-17(6-7-17)13-4-3-5-14(19)8-13;/h3-5,8,10H,6-7,9,11H2,1-2H3,(H2,23,24,25);1H. The second kappa shape index (κ2) is 8.89. The summed E-state index contributed by atoms with van der Waals surface area (Å²) in [4.78, 5) is 4.10. The molecule has 5 nitrogen and oxygen atoms in total. The van der Waals surface area contributed by atoms with Crippen LogP contribution in [0.1, 0.15) is 29.7 Å². The van der Waals surface area contributed by atoms with Crippen molar-refractivity contribution in [3.63, 3.8) is 0 Å². The maximum Gasteiger partial charge on any atom is 0.435 e. The van der Waals surface area contributed by atoms with Crippen molar-refractivity contribution in [2.45, 2.75) is 31.0 Å². The van der Waals surface area contributed by atoms with E-state index in [0.29, 0.717) is 17.5 Å². The van der Waals surface area contributed by atoms with Gasteiger partial charge in [0.05, 0.1) is 0 Å². The number of guanidine groups is 1. The van der Waals surface area contributed by atoms with Gasteiger partial charge in [-0.3, -0.25) is 9.67 Å². The van der Waals surface area contributed by atoms with Crippen LogP contribution in [0.3, 0.4) is 0 Å². The number of nitrogens with zero attached hydrogens (tertiary/aromatic N) is 3. The van der Waals surface area contributed by atoms with Gasteiger partial charge in [-0.05, 0) is 30.5 Å². The molecule has 1 aliphatic rings. The van der Waals surface area contributed by atoms with Crippen LogP contribution in [0.25, 0.3) is 0 Å². The van der Waals surface area contributed by atoms with E-state index in [1.807, 2.05) is 24.3 Å². The number of halogens is 5. The van der Waals surface area contributed by atoms with Gasteiger partial charge < -0.3 is 10.6 Å². The van der Waals surface area contributed by atoms with Crippen molar-refractivity contribution in [1.29, 1.82) is 0 Å². The highest BCUT2D eigenvalue weighted by atomic mass is 127. The summed E-state index contributed by atoms with van der Waals surface area (Å²) in [7, 11) is 3.05. The van der Waals surface area contributed by atoms with Crippen molar-refractivity contribution in [3.8, 4) is 0 Å². The fourth-order valence-electron chi connectivity index (χ4n) is 3.09. The van der Waals surface area contributed by atoms with Gasteiger partial charge in [-0.15, -0.1) is 24.0 Å². The molecule has 0 unspecified atom stereocenters. The Hall–Kier alpha value is -1.49. The highest BCUT2D eigenvalue weighted by Gasteiger charge is 2.44. The molecule has 2 aromatic rings. The van der Waals surface area contributed by atoms with E-state index in [4.69, 9.17) is 11.6 Å². The number of nitrogens with one attached hydrogen (secondary N) is 2. The lowest BCUT2D eigenvalue weighted by molar-refractivity contribution is -0.142. The molecule has 1 heterocycles. The number of benzene rings is 1. The van der Waals surface area contributed by atoms with E-state index < -0.39 is 11.9 Å². The maximum atomic E-state index is 13.0. The minimum Gasteiger partial charge on any atom is -0.356 e. The van der Waals surface area contributed by atoms with Crippen molar-refractivity contribution in [2.24, 2.45) is 12.0 Å². The van der Waals surface area contributed by atoms with Gasteiger partial charge in [-0.1, -0.05) is 23.7 Å². The van der Waals surface area contributed by atoms with Gasteiger partial charge in [0.25, 0.3) is 0 Å². The molecule has 0 amide bonds. The topological polar surface area (TPSA) is 54.2 Å². The van der Waals surface area contributed by atoms with Gasteiger partial charge in [0.15, 0.2) is 11.7 Å². The molecule has 1 aliphatic carbocycles. The third-order valence-electron chi connectivity index (χ3n) is 4.73. The van der Waals surface area contributed by atoms with E-state index in [9.17, 15) is 13.2 Å². The summed E-state index contributed by atoms with van der Waals surface area (Å²) in [5.41, 5.74) is 0.340. The van der Waals surface area contributed by atoms with E-state index >= 15 is 0 Å². The highest BCUT2D eigenvalue weighted by molar-refractivity contribution is 14.0. The van der Waals surface area contributed by atoms with Crippen molar-refractivity contribution >= 4 is 41.5 Å². The smallest absolute Gasteiger partial charge is 0.356 e. The van der Waals surface area contributed by atoms with Crippen LogP contribution in [0, 0.1) is 0 Å². The van der Waals surface area contributed by atoms with Crippen LogP contribution in [0.4, 0.5) is 13.2 Å². The lowest BCUT2D eigenvalue weighted by atomic mass is 9.96. The summed E-state index contributed by atoms with van der Waals surface area (Å²) in [5.74, 6) is 0.445. The normalized spacial score (nSPS) is 15.7. The molecule has 154 valence electrons. The third-order valence-corrected chi connectivity index (χ3v) is 4.96. The first-order chi connectivity index (χ1) is 12.7. The Labute approximate surface area is 183 Å². The second-order valence-electron chi connectivity index (χ2n) is 6.74. The molecule has 1 aromatic carbocycles. The lowest BCUT2D eigenvalue weighted by Crippen LogP contribution is -2.41. The molecule has 2 N–H and O–H groups in total. The predicted molar refractivity (Wildman–Crippen MR) is 114 cm³/mol. The Morgan fingerprint density at radius 3 is 2.61 bits per heavy atom. The zero-order valence-electron chi connectivity index (χ0n) is 15.5. The van der Waals surface area contributed by atoms with Crippen molar-refractivity contribution in [1.82, 2.24) is 20.4 Å². The summed E-state index contributed by atoms with van der Waals surface area (Å²) >= 11 is 6.08. The fourth-order valence-corrected chi connectivity index (χ4v) is 3.29. The van der Waals surface area contributed by atoms with Crippen LogP contribution in [-0.2, 0) is 25.2 Å². The Morgan fingerprint density at radius 1 is 1.32 bits per heavy atom. The van der Waals surface area contributed by atoms with Crippen LogP contribution >= 0.6 is 35.6 Å². The third kappa shape index (κ3) is 5.31. The molecule has 1 aromatic heterocycles. The van der Waals surface area contributed by atoms with Crippen LogP contribution < -0.4 is 10.6 Å². The van der Waals surface area contributed by atoms with Crippen LogP contribution in [0.5, 0.6) is 0 Å². The number of rotatable bonds is 5. The average Bonchev–Trinajstić information content (AvgIpc) is 3.30. The fraction of sp³-hybridized carbons (Fsp3) is 0.444. The van der Waals surface area contributed by atoms with Gasteiger partial charge in [-0.2, -0.15) is 18.3 Å². The predicted octanol–water partition coefficient (Wildman–Crippen LogP) is 4.11. The minimum absolute atomic E-state index is 0. The van der Waals surface area contributed by atoms with E-state index in [2.05, 4.69) is 20.7 Å². The van der Waals surface area contributed by atoms with Gasteiger partial charge >= 0.3 is 6.18 Å². The Bertz CT molecular complexity index is 846. The number of hydrogen-bond acceptors (Lipinski definition) is 2. The van der Waals surface area contributed by atoms with Gasteiger partial charge in [0.2, 0.25) is 0 Å². The molecular formula is C18H22ClF3IN5. The molecule has 3 rings (SSSR count). The van der Waals surface area contributed by atoms with E-state index in [1.54, 1.807) is 7.05 Å². The quantitative estimate of drug-likeness (QED) is 0.350. The summed E-state index contributed by atoms with van der Waals surface area (Å²) in [6.45, 7) is 0.610. The largest absolute Gasteiger partial charge is 0.435 e. The van der Waals surface area contributed by atoms with E-state index in [0.717, 1.165) is 23.1 Å². The first-order valence-corrected chi connectivity index (χ1v) is 8.92. The van der Waals surface area contributed by atoms with Crippen LogP contribution in [0.15, 0.2) is 35.5 Å². The minimum atomic E-state index is -4.49. The summed E-state index contributed by atoms with van der Waals surface area (Å²) in [6.07, 6.45) is -1.08. The molecule has 1 fully saturated rings. The average molecular weight is 528 g/mol. The molecule has 0 saturated heterocycles. The van der Waals surface area contributed by atoms with Gasteiger partial charge in [-0.25, -0.2) is 0 Å². The maximum absolute atomic E-state index is 13.0. The monoisotopic (exact) mass is 527 g/mol. The summed E-state index contributed by atoms with van der Waals surface area (Å²) in [5, 5.41) is 10.3. The number of aryl methyl sites for hydroxylation is 1. The zero-order chi connectivity index (χ0) is 19.7. The molecule has 0 spiro atoms. The molecule has 28 heavy (non-hydrogen) atoms. The van der Waals surface area contributed by atoms with E-state index in [1.165, 1.54) is 13.2 Å². The van der Waals surface area contributed by atoms with Crippen molar-refractivity contribution < 1.29 is 13.2 Å². The molecule has 0 radical (unpaired) electrons. The van der Waals surface area contributed by atoms with Gasteiger partial charge in [0, 0.05) is 49.4 Å². The molecule has 0 bridgehead atoms. The molecule has 10 heteroatoms. The van der Waals surface area contributed by atoms with E-state index in [-0.39, 0.29) is 41.5 Å². The number of aliphatic imine (C=N–C) groups is 1. The first kappa shape index (κ1) is 22.8. The molecule has 0 aliphatic heterocycles. The van der Waals surface area contributed by atoms with Crippen molar-refractivity contribution in [3.05, 3.63) is 52.3 Å². The summed E-state index contributed by atoms with van der Waals surface area (Å²) < 4.78 is 40.3. The molecule has 0 atom stereocenters. The lowest BCUT2D eigenvalue weighted by Gasteiger charge is -2.19. The highest BCUT2D eigenvalue weighted by Crippen LogP contribution is 2.48. The Balaban J connectivity index is 0.00000280.